The van der Waals surface area contributed by atoms with Gasteiger partial charge >= 0.3 is 35.9 Å². The highest BCUT2D eigenvalue weighted by atomic mass is 16.5. The van der Waals surface area contributed by atoms with Crippen LogP contribution in [-0.4, -0.2) is 84.8 Å². The molecule has 4 amide bonds. The average molecular weight is 1400 g/mol. The number of ether oxygens (including phenoxy) is 3. The number of rotatable bonds is 22. The Morgan fingerprint density at radius 1 is 0.362 bits per heavy atom. The van der Waals surface area contributed by atoms with Crippen LogP contribution in [0.3, 0.4) is 0 Å². The fraction of sp³-hybridized carbons (Fsp3) is 0.116. The first kappa shape index (κ1) is 78.5. The van der Waals surface area contributed by atoms with Gasteiger partial charge in [0.2, 0.25) is 0 Å². The summed E-state index contributed by atoms with van der Waals surface area (Å²) in [5.41, 5.74) is 10.3. The van der Waals surface area contributed by atoms with E-state index in [4.69, 9.17) is 29.7 Å². The van der Waals surface area contributed by atoms with Crippen molar-refractivity contribution in [2.24, 2.45) is 0 Å². The number of fused-ring (bicyclic) bond motifs is 1. The van der Waals surface area contributed by atoms with Crippen LogP contribution >= 0.6 is 0 Å². The Balaban J connectivity index is 0.000000184. The van der Waals surface area contributed by atoms with E-state index in [0.29, 0.717) is 76.3 Å². The summed E-state index contributed by atoms with van der Waals surface area (Å²) in [4.78, 5) is 106. The number of nitriles is 1. The first-order valence-corrected chi connectivity index (χ1v) is 32.9. The molecule has 0 radical (unpaired) electrons. The number of amides is 4. The van der Waals surface area contributed by atoms with Crippen molar-refractivity contribution in [2.45, 2.75) is 45.4 Å². The van der Waals surface area contributed by atoms with Crippen molar-refractivity contribution >= 4 is 92.6 Å². The molecule has 0 fully saturated rings. The number of Topliss-reactive ketones (excluding diaryl/α,β-unsaturated/α-hetero) is 3. The van der Waals surface area contributed by atoms with E-state index in [9.17, 15) is 43.2 Å². The van der Waals surface area contributed by atoms with Crippen molar-refractivity contribution < 1.29 is 67.6 Å². The first-order valence-electron chi connectivity index (χ1n) is 32.9. The van der Waals surface area contributed by atoms with Crippen LogP contribution in [0.15, 0.2) is 280 Å². The van der Waals surface area contributed by atoms with Gasteiger partial charge in [0.05, 0.1) is 66.6 Å². The van der Waals surface area contributed by atoms with Crippen LogP contribution in [0.2, 0.25) is 0 Å². The van der Waals surface area contributed by atoms with Crippen LogP contribution in [0, 0.1) is 18.3 Å². The molecule has 6 N–H and O–H groups in total. The molecule has 11 aromatic carbocycles. The molecular weight excluding hydrogens is 1330 g/mol. The smallest absolute Gasteiger partial charge is 0.339 e. The molecule has 530 valence electrons. The lowest BCUT2D eigenvalue weighted by molar-refractivity contribution is -0.118. The second-order valence-electron chi connectivity index (χ2n) is 23.3. The number of para-hydroxylation sites is 3. The van der Waals surface area contributed by atoms with Gasteiger partial charge in [0.1, 0.15) is 23.1 Å². The van der Waals surface area contributed by atoms with Crippen LogP contribution in [0.25, 0.3) is 16.5 Å². The summed E-state index contributed by atoms with van der Waals surface area (Å²) in [6.07, 6.45) is 1.71. The van der Waals surface area contributed by atoms with Gasteiger partial charge in [-0.15, -0.1) is 0 Å². The van der Waals surface area contributed by atoms with Crippen LogP contribution in [0.1, 0.15) is 91.5 Å². The Morgan fingerprint density at radius 3 is 1.28 bits per heavy atom. The van der Waals surface area contributed by atoms with Gasteiger partial charge in [-0.3, -0.25) is 14.4 Å². The third-order valence-corrected chi connectivity index (χ3v) is 15.7. The fourth-order valence-electron chi connectivity index (χ4n) is 10.6. The molecule has 19 nitrogen and oxygen atoms in total. The molecule has 11 aromatic rings. The molecule has 0 aliphatic rings. The summed E-state index contributed by atoms with van der Waals surface area (Å²) in [7, 11) is 4.20. The van der Waals surface area contributed by atoms with Crippen LogP contribution in [0.4, 0.5) is 32.3 Å². The van der Waals surface area contributed by atoms with E-state index in [2.05, 4.69) is 33.9 Å². The van der Waals surface area contributed by atoms with E-state index in [1.54, 1.807) is 110 Å². The minimum absolute atomic E-state index is 0.0138. The number of hydrogen-bond acceptors (Lipinski definition) is 13. The number of carbonyl (C=O) groups is 9. The number of aromatic carboxylic acids is 2. The summed E-state index contributed by atoms with van der Waals surface area (Å²) in [5, 5.41) is 39.8. The van der Waals surface area contributed by atoms with Crippen molar-refractivity contribution in [1.82, 2.24) is 0 Å². The highest BCUT2D eigenvalue weighted by molar-refractivity contribution is 6.07. The third kappa shape index (κ3) is 25.4. The van der Waals surface area contributed by atoms with Gasteiger partial charge in [0.25, 0.3) is 0 Å². The standard InChI is InChI=1S/C19H16N2O3.C19H17NO2.C17H16O3.C16H14O3.C15H14N2O3/c1-24-18(22)16-8-4-5-9-17(16)21-19(23)20-15-11-10-13-6-2-3-7-14(13)12-15;1-14(22-2)19-9-4-3-8-17(19)12-18(21)11-15-6-5-7-16(10-15)13-20;1-20-17(19)16-10-6-5-9-14(16)12-15(18)11-13-7-3-2-4-8-13;17-14(10-12-6-2-1-3-7-12)11-13-8-4-5-9-15(13)16(18)19;1-10-6-2-4-8-12(10)16-15(20)17-13-9-5-3-7-11(13)14(18)19/h2-12H,1H3,(H2,20,21,23);3-10H,1,11-12H2,2H3;2-10H,11-12H2,1H3;1-9H,10-11H2,(H,18,19);2-9H,1H3,(H,18,19)(H2,16,17,20). The maximum absolute atomic E-state index is 12.3. The lowest BCUT2D eigenvalue weighted by Gasteiger charge is -2.11. The third-order valence-electron chi connectivity index (χ3n) is 15.7. The van der Waals surface area contributed by atoms with Gasteiger partial charge in [0.15, 0.2) is 0 Å². The van der Waals surface area contributed by atoms with E-state index in [-0.39, 0.29) is 47.0 Å². The summed E-state index contributed by atoms with van der Waals surface area (Å²) in [6.45, 7) is 5.72. The number of nitrogens with zero attached hydrogens (tertiary/aromatic N) is 1. The van der Waals surface area contributed by atoms with Crippen molar-refractivity contribution in [1.29, 1.82) is 5.26 Å². The molecule has 0 saturated heterocycles. The highest BCUT2D eigenvalue weighted by Gasteiger charge is 2.18. The Hall–Kier alpha value is -13.9. The number of urea groups is 2. The molecule has 0 unspecified atom stereocenters. The number of benzene rings is 11. The average Bonchev–Trinajstić information content (AvgIpc) is 1.06. The molecular formula is C86H77N5O14. The number of nitrogens with one attached hydrogen (secondary N) is 4. The maximum atomic E-state index is 12.3. The SMILES string of the molecule is C=C(OC)c1ccccc1CC(=O)Cc1cccc(C#N)c1.COC(=O)c1ccccc1CC(=O)Cc1ccccc1.COC(=O)c1ccccc1NC(=O)Nc1ccc2ccccc2c1.Cc1ccccc1NC(=O)Nc1ccccc1C(=O)O.O=C(Cc1ccccc1)Cc1ccccc1C(=O)O. The number of carboxylic acid groups (broad SMARTS) is 2. The Morgan fingerprint density at radius 2 is 0.752 bits per heavy atom. The largest absolute Gasteiger partial charge is 0.497 e. The second-order valence-corrected chi connectivity index (χ2v) is 23.3. The van der Waals surface area contributed by atoms with Gasteiger partial charge in [0, 0.05) is 55.5 Å². The van der Waals surface area contributed by atoms with Crippen LogP contribution in [-0.2, 0) is 67.1 Å². The van der Waals surface area contributed by atoms with E-state index in [1.165, 1.54) is 26.4 Å². The van der Waals surface area contributed by atoms with E-state index in [0.717, 1.165) is 44.2 Å². The Kier molecular flexibility index (Phi) is 30.7. The van der Waals surface area contributed by atoms with E-state index in [1.807, 2.05) is 165 Å². The lowest BCUT2D eigenvalue weighted by Crippen LogP contribution is -2.21. The number of carboxylic acids is 2. The van der Waals surface area contributed by atoms with Crippen molar-refractivity contribution in [3.63, 3.8) is 0 Å². The van der Waals surface area contributed by atoms with E-state index < -0.39 is 35.9 Å². The predicted molar refractivity (Wildman–Crippen MR) is 407 cm³/mol. The molecule has 0 aromatic heterocycles. The summed E-state index contributed by atoms with van der Waals surface area (Å²) < 4.78 is 14.6. The zero-order chi connectivity index (χ0) is 75.5. The number of methoxy groups -OCH3 is 3. The normalized spacial score (nSPS) is 10.0. The zero-order valence-corrected chi connectivity index (χ0v) is 58.2. The van der Waals surface area contributed by atoms with Gasteiger partial charge in [-0.2, -0.15) is 5.26 Å². The molecule has 11 rings (SSSR count). The fourth-order valence-corrected chi connectivity index (χ4v) is 10.6. The maximum Gasteiger partial charge on any atom is 0.339 e. The molecule has 19 heteroatoms. The Bertz CT molecular complexity index is 4920. The topological polar surface area (TPSA) is 294 Å². The summed E-state index contributed by atoms with van der Waals surface area (Å²) in [6, 6.07) is 82.4. The molecule has 0 heterocycles. The quantitative estimate of drug-likeness (QED) is 0.0272. The van der Waals surface area contributed by atoms with Crippen molar-refractivity contribution in [3.05, 3.63) is 352 Å². The van der Waals surface area contributed by atoms with E-state index >= 15 is 0 Å². The van der Waals surface area contributed by atoms with Gasteiger partial charge < -0.3 is 45.7 Å². The van der Waals surface area contributed by atoms with Crippen LogP contribution in [0.5, 0.6) is 0 Å². The zero-order valence-electron chi connectivity index (χ0n) is 58.2. The number of esters is 2. The molecule has 0 bridgehead atoms. The number of hydrogen-bond donors (Lipinski definition) is 6. The second kappa shape index (κ2) is 41.0. The molecule has 0 spiro atoms. The highest BCUT2D eigenvalue weighted by Crippen LogP contribution is 2.24. The molecule has 0 aliphatic carbocycles. The minimum atomic E-state index is -1.09. The lowest BCUT2D eigenvalue weighted by atomic mass is 9.97. The molecule has 0 atom stereocenters. The van der Waals surface area contributed by atoms with Gasteiger partial charge in [-0.25, -0.2) is 28.8 Å². The predicted octanol–water partition coefficient (Wildman–Crippen LogP) is 16.7. The number of ketones is 3. The van der Waals surface area contributed by atoms with Gasteiger partial charge in [-0.05, 0) is 123 Å². The number of carbonyl (C=O) groups excluding carboxylic acids is 7. The number of anilines is 4. The minimum Gasteiger partial charge on any atom is -0.497 e. The van der Waals surface area contributed by atoms with Crippen LogP contribution < -0.4 is 21.3 Å². The monoisotopic (exact) mass is 1400 g/mol. The molecule has 0 saturated carbocycles. The van der Waals surface area contributed by atoms with Gasteiger partial charge in [-0.1, -0.05) is 213 Å². The summed E-state index contributed by atoms with van der Waals surface area (Å²) in [5.74, 6) is -2.27. The van der Waals surface area contributed by atoms with Crippen molar-refractivity contribution in [2.75, 3.05) is 42.6 Å². The number of aryl methyl sites for hydroxylation is 1. The van der Waals surface area contributed by atoms with Crippen molar-refractivity contribution in [3.8, 4) is 6.07 Å². The first-order chi connectivity index (χ1) is 50.7. The Labute approximate surface area is 608 Å². The molecule has 0 aliphatic heterocycles. The molecule has 105 heavy (non-hydrogen) atoms. The summed E-state index contributed by atoms with van der Waals surface area (Å²) >= 11 is 0.